The van der Waals surface area contributed by atoms with Crippen LogP contribution in [0.25, 0.3) is 0 Å². The van der Waals surface area contributed by atoms with E-state index in [1.54, 1.807) is 0 Å². The van der Waals surface area contributed by atoms with Crippen LogP contribution in [0.2, 0.25) is 0 Å². The van der Waals surface area contributed by atoms with E-state index < -0.39 is 0 Å². The fourth-order valence-corrected chi connectivity index (χ4v) is 2.43. The van der Waals surface area contributed by atoms with Crippen LogP contribution < -0.4 is 10.6 Å². The minimum absolute atomic E-state index is 0.490. The molecule has 0 aromatic heterocycles. The third-order valence-electron chi connectivity index (χ3n) is 3.83. The van der Waals surface area contributed by atoms with Crippen LogP contribution >= 0.6 is 0 Å². The van der Waals surface area contributed by atoms with Gasteiger partial charge in [-0.25, -0.2) is 0 Å². The van der Waals surface area contributed by atoms with E-state index in [9.17, 15) is 0 Å². The first-order valence-corrected chi connectivity index (χ1v) is 6.61. The lowest BCUT2D eigenvalue weighted by atomic mass is 9.82. The monoisotopic (exact) mass is 212 g/mol. The summed E-state index contributed by atoms with van der Waals surface area (Å²) in [5, 5.41) is 7.16. The van der Waals surface area contributed by atoms with Crippen LogP contribution in [0.4, 0.5) is 0 Å². The second-order valence-electron chi connectivity index (χ2n) is 5.40. The molecule has 0 bridgehead atoms. The van der Waals surface area contributed by atoms with Crippen molar-refractivity contribution in [3.8, 4) is 0 Å². The minimum atomic E-state index is 0.490. The molecule has 0 spiro atoms. The van der Waals surface area contributed by atoms with E-state index in [1.165, 1.54) is 51.9 Å². The van der Waals surface area contributed by atoms with Crippen LogP contribution in [-0.4, -0.2) is 26.2 Å². The van der Waals surface area contributed by atoms with Gasteiger partial charge in [0.25, 0.3) is 0 Å². The Morgan fingerprint density at radius 2 is 2.07 bits per heavy atom. The molecular formula is C13H28N2. The quantitative estimate of drug-likeness (QED) is 0.706. The molecule has 90 valence electrons. The van der Waals surface area contributed by atoms with E-state index in [2.05, 4.69) is 31.4 Å². The molecule has 0 aromatic rings. The lowest BCUT2D eigenvalue weighted by Gasteiger charge is -2.34. The van der Waals surface area contributed by atoms with Crippen LogP contribution in [-0.2, 0) is 0 Å². The molecule has 15 heavy (non-hydrogen) atoms. The standard InChI is InChI=1S/C13H28N2/c1-4-12(5-2)9-15-11-13(3)7-6-8-14-10-13/h12,14-15H,4-11H2,1-3H3. The van der Waals surface area contributed by atoms with Gasteiger partial charge in [-0.2, -0.15) is 0 Å². The molecule has 1 aliphatic heterocycles. The van der Waals surface area contributed by atoms with Gasteiger partial charge >= 0.3 is 0 Å². The van der Waals surface area contributed by atoms with Gasteiger partial charge in [-0.05, 0) is 37.3 Å². The molecule has 1 atom stereocenters. The van der Waals surface area contributed by atoms with Crippen molar-refractivity contribution in [3.63, 3.8) is 0 Å². The Hall–Kier alpha value is -0.0800. The summed E-state index contributed by atoms with van der Waals surface area (Å²) in [4.78, 5) is 0. The zero-order valence-corrected chi connectivity index (χ0v) is 10.7. The third kappa shape index (κ3) is 4.52. The number of nitrogens with one attached hydrogen (secondary N) is 2. The Labute approximate surface area is 95.2 Å². The Morgan fingerprint density at radius 3 is 2.60 bits per heavy atom. The summed E-state index contributed by atoms with van der Waals surface area (Å²) in [6, 6.07) is 0. The molecule has 1 rings (SSSR count). The highest BCUT2D eigenvalue weighted by Gasteiger charge is 2.26. The average Bonchev–Trinajstić information content (AvgIpc) is 2.25. The van der Waals surface area contributed by atoms with Gasteiger partial charge in [-0.3, -0.25) is 0 Å². The molecule has 0 aromatic carbocycles. The largest absolute Gasteiger partial charge is 0.316 e. The van der Waals surface area contributed by atoms with Crippen molar-refractivity contribution < 1.29 is 0 Å². The van der Waals surface area contributed by atoms with Crippen LogP contribution in [0.3, 0.4) is 0 Å². The molecule has 1 unspecified atom stereocenters. The first kappa shape index (κ1) is 13.0. The second-order valence-corrected chi connectivity index (χ2v) is 5.40. The van der Waals surface area contributed by atoms with Gasteiger partial charge < -0.3 is 10.6 Å². The van der Waals surface area contributed by atoms with Crippen LogP contribution in [0.1, 0.15) is 46.5 Å². The molecule has 0 aliphatic carbocycles. The number of hydrogen-bond donors (Lipinski definition) is 2. The van der Waals surface area contributed by atoms with Crippen molar-refractivity contribution in [2.24, 2.45) is 11.3 Å². The Morgan fingerprint density at radius 1 is 1.33 bits per heavy atom. The van der Waals surface area contributed by atoms with Gasteiger partial charge in [-0.1, -0.05) is 33.6 Å². The molecule has 0 saturated carbocycles. The molecule has 1 fully saturated rings. The minimum Gasteiger partial charge on any atom is -0.316 e. The Balaban J connectivity index is 2.17. The normalized spacial score (nSPS) is 27.2. The molecule has 1 aliphatic rings. The number of hydrogen-bond acceptors (Lipinski definition) is 2. The maximum absolute atomic E-state index is 3.66. The molecule has 1 heterocycles. The summed E-state index contributed by atoms with van der Waals surface area (Å²) in [5.74, 6) is 0.866. The summed E-state index contributed by atoms with van der Waals surface area (Å²) >= 11 is 0. The lowest BCUT2D eigenvalue weighted by molar-refractivity contribution is 0.222. The van der Waals surface area contributed by atoms with Crippen molar-refractivity contribution in [2.75, 3.05) is 26.2 Å². The fraction of sp³-hybridized carbons (Fsp3) is 1.00. The van der Waals surface area contributed by atoms with Crippen molar-refractivity contribution in [2.45, 2.75) is 46.5 Å². The molecule has 2 N–H and O–H groups in total. The second kappa shape index (κ2) is 6.49. The zero-order chi connectivity index (χ0) is 11.1. The lowest BCUT2D eigenvalue weighted by Crippen LogP contribution is -2.45. The fourth-order valence-electron chi connectivity index (χ4n) is 2.43. The molecule has 1 saturated heterocycles. The van der Waals surface area contributed by atoms with Gasteiger partial charge in [0, 0.05) is 13.1 Å². The summed E-state index contributed by atoms with van der Waals surface area (Å²) < 4.78 is 0. The van der Waals surface area contributed by atoms with Gasteiger partial charge in [0.15, 0.2) is 0 Å². The highest BCUT2D eigenvalue weighted by Crippen LogP contribution is 2.24. The third-order valence-corrected chi connectivity index (χ3v) is 3.83. The van der Waals surface area contributed by atoms with Gasteiger partial charge in [0.1, 0.15) is 0 Å². The van der Waals surface area contributed by atoms with Gasteiger partial charge in [0.05, 0.1) is 0 Å². The highest BCUT2D eigenvalue weighted by molar-refractivity contribution is 4.83. The van der Waals surface area contributed by atoms with Crippen LogP contribution in [0.5, 0.6) is 0 Å². The Bertz CT molecular complexity index is 158. The highest BCUT2D eigenvalue weighted by atomic mass is 14.9. The van der Waals surface area contributed by atoms with Crippen molar-refractivity contribution in [3.05, 3.63) is 0 Å². The van der Waals surface area contributed by atoms with Crippen molar-refractivity contribution in [1.29, 1.82) is 0 Å². The van der Waals surface area contributed by atoms with E-state index in [0.717, 1.165) is 5.92 Å². The number of piperidine rings is 1. The van der Waals surface area contributed by atoms with E-state index in [4.69, 9.17) is 0 Å². The smallest absolute Gasteiger partial charge is 0.00174 e. The summed E-state index contributed by atoms with van der Waals surface area (Å²) in [7, 11) is 0. The molecule has 0 radical (unpaired) electrons. The van der Waals surface area contributed by atoms with E-state index in [1.807, 2.05) is 0 Å². The molecule has 2 heteroatoms. The molecule has 0 amide bonds. The first-order valence-electron chi connectivity index (χ1n) is 6.61. The topological polar surface area (TPSA) is 24.1 Å². The molecular weight excluding hydrogens is 184 g/mol. The predicted molar refractivity (Wildman–Crippen MR) is 67.2 cm³/mol. The zero-order valence-electron chi connectivity index (χ0n) is 10.7. The first-order chi connectivity index (χ1) is 7.20. The molecule has 2 nitrogen and oxygen atoms in total. The van der Waals surface area contributed by atoms with Gasteiger partial charge in [0.2, 0.25) is 0 Å². The van der Waals surface area contributed by atoms with E-state index in [-0.39, 0.29) is 0 Å². The summed E-state index contributed by atoms with van der Waals surface area (Å²) in [6.45, 7) is 11.8. The number of rotatable bonds is 6. The maximum atomic E-state index is 3.66. The SMILES string of the molecule is CCC(CC)CNCC1(C)CCCNC1. The summed E-state index contributed by atoms with van der Waals surface area (Å²) in [5.41, 5.74) is 0.490. The van der Waals surface area contributed by atoms with Crippen LogP contribution in [0.15, 0.2) is 0 Å². The predicted octanol–water partition coefficient (Wildman–Crippen LogP) is 2.40. The Kier molecular flexibility index (Phi) is 5.62. The average molecular weight is 212 g/mol. The maximum Gasteiger partial charge on any atom is 0.00174 e. The van der Waals surface area contributed by atoms with Crippen molar-refractivity contribution in [1.82, 2.24) is 10.6 Å². The van der Waals surface area contributed by atoms with Gasteiger partial charge in [-0.15, -0.1) is 0 Å². The van der Waals surface area contributed by atoms with Crippen molar-refractivity contribution >= 4 is 0 Å². The summed E-state index contributed by atoms with van der Waals surface area (Å²) in [6.07, 6.45) is 5.32. The van der Waals surface area contributed by atoms with E-state index >= 15 is 0 Å². The van der Waals surface area contributed by atoms with Crippen LogP contribution in [0, 0.1) is 11.3 Å². The van der Waals surface area contributed by atoms with E-state index in [0.29, 0.717) is 5.41 Å².